The lowest BCUT2D eigenvalue weighted by Crippen LogP contribution is -2.29. The topological polar surface area (TPSA) is 95.9 Å². The van der Waals surface area contributed by atoms with Gasteiger partial charge in [0.05, 0.1) is 6.20 Å². The molecule has 1 aromatic heterocycles. The maximum Gasteiger partial charge on any atom is 0.229 e. The molecule has 0 saturated carbocycles. The molecule has 2 N–H and O–H groups in total. The molecule has 1 atom stereocenters. The zero-order chi connectivity index (χ0) is 11.7. The summed E-state index contributed by atoms with van der Waals surface area (Å²) in [6.07, 6.45) is 1.72. The Morgan fingerprint density at radius 2 is 2.44 bits per heavy atom. The highest BCUT2D eigenvalue weighted by Gasteiger charge is 2.30. The first-order valence-electron chi connectivity index (χ1n) is 4.91. The molecule has 2 heterocycles. The molecule has 1 unspecified atom stereocenters. The Hall–Kier alpha value is -2.00. The van der Waals surface area contributed by atoms with Gasteiger partial charge in [-0.3, -0.25) is 9.69 Å². The second-order valence-electron chi connectivity index (χ2n) is 3.73. The van der Waals surface area contributed by atoms with E-state index in [1.165, 1.54) is 11.1 Å². The first kappa shape index (κ1) is 10.5. The zero-order valence-electron chi connectivity index (χ0n) is 8.84. The number of amides is 1. The van der Waals surface area contributed by atoms with Crippen LogP contribution in [0.1, 0.15) is 17.8 Å². The normalized spacial score (nSPS) is 19.9. The Kier molecular flexibility index (Phi) is 2.54. The molecule has 1 aliphatic heterocycles. The van der Waals surface area contributed by atoms with E-state index in [1.54, 1.807) is 6.92 Å². The van der Waals surface area contributed by atoms with Crippen LogP contribution in [-0.2, 0) is 4.79 Å². The highest BCUT2D eigenvalue weighted by Crippen LogP contribution is 2.21. The molecule has 1 fully saturated rings. The number of carbonyl (C=O) groups is 1. The summed E-state index contributed by atoms with van der Waals surface area (Å²) < 4.78 is 0. The van der Waals surface area contributed by atoms with Gasteiger partial charge in [0.15, 0.2) is 5.82 Å². The highest BCUT2D eigenvalue weighted by molar-refractivity contribution is 5.96. The van der Waals surface area contributed by atoms with Crippen LogP contribution in [0.2, 0.25) is 0 Å². The summed E-state index contributed by atoms with van der Waals surface area (Å²) in [7, 11) is 0. The first-order chi connectivity index (χ1) is 7.61. The Labute approximate surface area is 92.7 Å². The van der Waals surface area contributed by atoms with Gasteiger partial charge in [-0.25, -0.2) is 9.97 Å². The summed E-state index contributed by atoms with van der Waals surface area (Å²) in [6, 6.07) is 1.79. The van der Waals surface area contributed by atoms with E-state index in [-0.39, 0.29) is 11.9 Å². The van der Waals surface area contributed by atoms with Crippen molar-refractivity contribution in [3.63, 3.8) is 0 Å². The van der Waals surface area contributed by atoms with Crippen LogP contribution in [0.5, 0.6) is 0 Å². The molecule has 82 valence electrons. The minimum absolute atomic E-state index is 0.0953. The summed E-state index contributed by atoms with van der Waals surface area (Å²) in [5, 5.41) is 8.92. The Morgan fingerprint density at radius 3 is 3.00 bits per heavy atom. The van der Waals surface area contributed by atoms with Crippen molar-refractivity contribution in [3.8, 4) is 6.07 Å². The third-order valence-electron chi connectivity index (χ3n) is 2.42. The molecule has 6 heteroatoms. The van der Waals surface area contributed by atoms with Crippen LogP contribution in [0.3, 0.4) is 0 Å². The summed E-state index contributed by atoms with van der Waals surface area (Å²) in [5.74, 6) is 0.803. The standard InChI is InChI=1S/C10H11N5O/c1-6-13-4-7(3-11)10(14-6)15-5-8(12)2-9(15)16/h4,8H,2,5,12H2,1H3. The maximum atomic E-state index is 11.6. The van der Waals surface area contributed by atoms with E-state index < -0.39 is 0 Å². The predicted molar refractivity (Wildman–Crippen MR) is 56.4 cm³/mol. The van der Waals surface area contributed by atoms with E-state index in [0.717, 1.165) is 0 Å². The van der Waals surface area contributed by atoms with Crippen molar-refractivity contribution in [2.45, 2.75) is 19.4 Å². The van der Waals surface area contributed by atoms with E-state index in [9.17, 15) is 4.79 Å². The number of rotatable bonds is 1. The highest BCUT2D eigenvalue weighted by atomic mass is 16.2. The van der Waals surface area contributed by atoms with Gasteiger partial charge in [0.1, 0.15) is 17.5 Å². The molecule has 6 nitrogen and oxygen atoms in total. The van der Waals surface area contributed by atoms with E-state index in [1.807, 2.05) is 6.07 Å². The van der Waals surface area contributed by atoms with E-state index in [4.69, 9.17) is 11.0 Å². The number of carbonyl (C=O) groups excluding carboxylic acids is 1. The van der Waals surface area contributed by atoms with Gasteiger partial charge in [-0.05, 0) is 6.92 Å². The van der Waals surface area contributed by atoms with Gasteiger partial charge in [-0.2, -0.15) is 5.26 Å². The lowest BCUT2D eigenvalue weighted by atomic mass is 10.3. The van der Waals surface area contributed by atoms with Crippen LogP contribution in [0.15, 0.2) is 6.20 Å². The van der Waals surface area contributed by atoms with E-state index >= 15 is 0 Å². The molecule has 1 aromatic rings. The van der Waals surface area contributed by atoms with Gasteiger partial charge in [0, 0.05) is 19.0 Å². The number of nitrogens with zero attached hydrogens (tertiary/aromatic N) is 4. The molecule has 16 heavy (non-hydrogen) atoms. The molecule has 0 aliphatic carbocycles. The molecule has 2 rings (SSSR count). The number of aryl methyl sites for hydroxylation is 1. The first-order valence-corrected chi connectivity index (χ1v) is 4.91. The van der Waals surface area contributed by atoms with Crippen LogP contribution in [0.4, 0.5) is 5.82 Å². The van der Waals surface area contributed by atoms with Crippen molar-refractivity contribution in [1.29, 1.82) is 5.26 Å². The summed E-state index contributed by atoms with van der Waals surface area (Å²) in [4.78, 5) is 21.1. The number of nitriles is 1. The molecular weight excluding hydrogens is 206 g/mol. The second-order valence-corrected chi connectivity index (χ2v) is 3.73. The van der Waals surface area contributed by atoms with E-state index in [2.05, 4.69) is 9.97 Å². The summed E-state index contributed by atoms with van der Waals surface area (Å²) in [6.45, 7) is 2.12. The van der Waals surface area contributed by atoms with Crippen molar-refractivity contribution in [2.24, 2.45) is 5.73 Å². The number of anilines is 1. The lowest BCUT2D eigenvalue weighted by Gasteiger charge is -2.16. The fourth-order valence-corrected chi connectivity index (χ4v) is 1.68. The monoisotopic (exact) mass is 217 g/mol. The smallest absolute Gasteiger partial charge is 0.229 e. The number of hydrogen-bond acceptors (Lipinski definition) is 5. The fraction of sp³-hybridized carbons (Fsp3) is 0.400. The minimum atomic E-state index is -0.186. The molecule has 1 aliphatic rings. The van der Waals surface area contributed by atoms with Crippen molar-refractivity contribution >= 4 is 11.7 Å². The number of aromatic nitrogens is 2. The average Bonchev–Trinajstić information content (AvgIpc) is 2.57. The van der Waals surface area contributed by atoms with Crippen LogP contribution in [-0.4, -0.2) is 28.5 Å². The van der Waals surface area contributed by atoms with Crippen LogP contribution in [0.25, 0.3) is 0 Å². The predicted octanol–water partition coefficient (Wildman–Crippen LogP) is -0.279. The SMILES string of the molecule is Cc1ncc(C#N)c(N2CC(N)CC2=O)n1. The lowest BCUT2D eigenvalue weighted by molar-refractivity contribution is -0.117. The maximum absolute atomic E-state index is 11.6. The van der Waals surface area contributed by atoms with Gasteiger partial charge in [0.2, 0.25) is 5.91 Å². The van der Waals surface area contributed by atoms with Crippen LogP contribution >= 0.6 is 0 Å². The quantitative estimate of drug-likeness (QED) is 0.698. The molecule has 0 aromatic carbocycles. The largest absolute Gasteiger partial charge is 0.326 e. The Balaban J connectivity index is 2.44. The number of hydrogen-bond donors (Lipinski definition) is 1. The molecule has 1 saturated heterocycles. The molecule has 1 amide bonds. The molecule has 0 bridgehead atoms. The Morgan fingerprint density at radius 1 is 1.69 bits per heavy atom. The second kappa shape index (κ2) is 3.87. The zero-order valence-corrected chi connectivity index (χ0v) is 8.84. The minimum Gasteiger partial charge on any atom is -0.326 e. The summed E-state index contributed by atoms with van der Waals surface area (Å²) in [5.41, 5.74) is 5.99. The third-order valence-corrected chi connectivity index (χ3v) is 2.42. The number of nitrogens with two attached hydrogens (primary N) is 1. The van der Waals surface area contributed by atoms with Gasteiger partial charge in [-0.1, -0.05) is 0 Å². The van der Waals surface area contributed by atoms with Crippen LogP contribution in [0, 0.1) is 18.3 Å². The third kappa shape index (κ3) is 1.73. The molecule has 0 spiro atoms. The average molecular weight is 217 g/mol. The Bertz CT molecular complexity index is 479. The van der Waals surface area contributed by atoms with Crippen molar-refractivity contribution in [1.82, 2.24) is 9.97 Å². The van der Waals surface area contributed by atoms with Crippen LogP contribution < -0.4 is 10.6 Å². The van der Waals surface area contributed by atoms with Crippen molar-refractivity contribution < 1.29 is 4.79 Å². The van der Waals surface area contributed by atoms with Gasteiger partial charge in [-0.15, -0.1) is 0 Å². The fourth-order valence-electron chi connectivity index (χ4n) is 1.68. The molecule has 0 radical (unpaired) electrons. The van der Waals surface area contributed by atoms with Gasteiger partial charge >= 0.3 is 0 Å². The van der Waals surface area contributed by atoms with Crippen molar-refractivity contribution in [3.05, 3.63) is 17.6 Å². The van der Waals surface area contributed by atoms with Gasteiger partial charge in [0.25, 0.3) is 0 Å². The van der Waals surface area contributed by atoms with Gasteiger partial charge < -0.3 is 5.73 Å². The van der Waals surface area contributed by atoms with E-state index in [0.29, 0.717) is 30.2 Å². The molecular formula is C10H11N5O. The van der Waals surface area contributed by atoms with Crippen molar-refractivity contribution in [2.75, 3.05) is 11.4 Å². The summed E-state index contributed by atoms with van der Waals surface area (Å²) >= 11 is 0.